The van der Waals surface area contributed by atoms with Crippen molar-refractivity contribution in [2.24, 2.45) is 7.05 Å². The first kappa shape index (κ1) is 35.8. The summed E-state index contributed by atoms with van der Waals surface area (Å²) in [6, 6.07) is 24.5. The standard InChI is InChI=1S/C38H53N3O3SSi/c1-27(2)30-21-35(28(3)4)37(36(22-30)29(5)6)45(42,43)40-32(23-31-24-41(10)26-39-31)25-44-46(38(7,8)9,33-17-13-11-14-18-33)34-19-15-12-16-20-34/h11-22,24,26-29,32,40H,23,25H2,1-10H3. The molecule has 1 N–H and O–H groups in total. The Morgan fingerprint density at radius 3 is 1.72 bits per heavy atom. The minimum Gasteiger partial charge on any atom is -0.406 e. The SMILES string of the molecule is CC(C)c1cc(C(C)C)c(S(=O)(=O)NC(CO[Si](c2ccccc2)(c2ccccc2)C(C)(C)C)Cc2cn(C)cn2)c(C(C)C)c1. The van der Waals surface area contributed by atoms with Crippen molar-refractivity contribution in [1.29, 1.82) is 0 Å². The molecule has 8 heteroatoms. The summed E-state index contributed by atoms with van der Waals surface area (Å²) in [5.74, 6) is 0.354. The summed E-state index contributed by atoms with van der Waals surface area (Å²) in [6.45, 7) is 19.5. The Labute approximate surface area is 278 Å². The van der Waals surface area contributed by atoms with Crippen LogP contribution in [0.2, 0.25) is 5.04 Å². The van der Waals surface area contributed by atoms with Crippen LogP contribution in [0.1, 0.15) is 102 Å². The van der Waals surface area contributed by atoms with Crippen molar-refractivity contribution in [2.75, 3.05) is 6.61 Å². The highest BCUT2D eigenvalue weighted by atomic mass is 32.2. The number of hydrogen-bond acceptors (Lipinski definition) is 4. The molecule has 0 aliphatic rings. The van der Waals surface area contributed by atoms with Crippen LogP contribution in [-0.4, -0.2) is 38.9 Å². The summed E-state index contributed by atoms with van der Waals surface area (Å²) in [5, 5.41) is 2.06. The third-order valence-electron chi connectivity index (χ3n) is 8.80. The van der Waals surface area contributed by atoms with Crippen LogP contribution in [0.5, 0.6) is 0 Å². The van der Waals surface area contributed by atoms with E-state index in [0.717, 1.165) is 32.8 Å². The lowest BCUT2D eigenvalue weighted by Gasteiger charge is -2.43. The molecule has 0 bridgehead atoms. The zero-order chi connectivity index (χ0) is 33.9. The molecule has 0 saturated carbocycles. The van der Waals surface area contributed by atoms with Gasteiger partial charge in [-0.05, 0) is 49.9 Å². The molecule has 0 fully saturated rings. The molecule has 4 aromatic rings. The van der Waals surface area contributed by atoms with Crippen LogP contribution in [0.4, 0.5) is 0 Å². The summed E-state index contributed by atoms with van der Waals surface area (Å²) >= 11 is 0. The Balaban J connectivity index is 1.84. The van der Waals surface area contributed by atoms with Crippen LogP contribution in [0.25, 0.3) is 0 Å². The third kappa shape index (κ3) is 7.73. The van der Waals surface area contributed by atoms with Gasteiger partial charge in [-0.2, -0.15) is 0 Å². The van der Waals surface area contributed by atoms with Gasteiger partial charge in [-0.1, -0.05) is 135 Å². The fraction of sp³-hybridized carbons (Fsp3) is 0.447. The van der Waals surface area contributed by atoms with E-state index >= 15 is 0 Å². The summed E-state index contributed by atoms with van der Waals surface area (Å²) < 4.78 is 41.6. The summed E-state index contributed by atoms with van der Waals surface area (Å²) in [4.78, 5) is 4.98. The number of aromatic nitrogens is 2. The average Bonchev–Trinajstić information content (AvgIpc) is 3.40. The van der Waals surface area contributed by atoms with Gasteiger partial charge >= 0.3 is 0 Å². The van der Waals surface area contributed by atoms with Gasteiger partial charge < -0.3 is 8.99 Å². The van der Waals surface area contributed by atoms with Crippen LogP contribution < -0.4 is 15.1 Å². The first-order valence-electron chi connectivity index (χ1n) is 16.5. The van der Waals surface area contributed by atoms with E-state index in [0.29, 0.717) is 11.3 Å². The summed E-state index contributed by atoms with van der Waals surface area (Å²) in [6.07, 6.45) is 4.10. The van der Waals surface area contributed by atoms with Crippen LogP contribution in [0.15, 0.2) is 90.2 Å². The van der Waals surface area contributed by atoms with Gasteiger partial charge in [-0.15, -0.1) is 0 Å². The fourth-order valence-corrected chi connectivity index (χ4v) is 12.9. The predicted octanol–water partition coefficient (Wildman–Crippen LogP) is 7.26. The molecule has 6 nitrogen and oxygen atoms in total. The lowest BCUT2D eigenvalue weighted by molar-refractivity contribution is 0.261. The topological polar surface area (TPSA) is 73.2 Å². The molecule has 0 amide bonds. The van der Waals surface area contributed by atoms with Gasteiger partial charge in [0, 0.05) is 25.7 Å². The molecule has 1 atom stereocenters. The minimum atomic E-state index is -3.95. The molecule has 1 aromatic heterocycles. The highest BCUT2D eigenvalue weighted by molar-refractivity contribution is 7.89. The van der Waals surface area contributed by atoms with Gasteiger partial charge in [0.2, 0.25) is 10.0 Å². The Bertz CT molecular complexity index is 1620. The molecule has 0 spiro atoms. The number of aryl methyl sites for hydroxylation is 1. The van der Waals surface area contributed by atoms with Gasteiger partial charge in [0.25, 0.3) is 8.32 Å². The van der Waals surface area contributed by atoms with E-state index in [1.807, 2.05) is 29.9 Å². The Hall–Kier alpha value is -3.04. The maximum atomic E-state index is 14.7. The highest BCUT2D eigenvalue weighted by Crippen LogP contribution is 2.38. The second-order valence-corrected chi connectivity index (χ2v) is 20.5. The summed E-state index contributed by atoms with van der Waals surface area (Å²) in [7, 11) is -4.94. The second-order valence-electron chi connectivity index (χ2n) is 14.5. The van der Waals surface area contributed by atoms with Gasteiger partial charge in [-0.3, -0.25) is 0 Å². The Kier molecular flexibility index (Phi) is 11.2. The van der Waals surface area contributed by atoms with E-state index in [1.165, 1.54) is 0 Å². The normalized spacial score (nSPS) is 13.6. The molecule has 0 saturated heterocycles. The number of nitrogens with one attached hydrogen (secondary N) is 1. The van der Waals surface area contributed by atoms with E-state index in [1.54, 1.807) is 6.33 Å². The largest absolute Gasteiger partial charge is 0.406 e. The average molecular weight is 660 g/mol. The first-order chi connectivity index (χ1) is 21.6. The molecule has 0 radical (unpaired) electrons. The number of nitrogens with zero attached hydrogens (tertiary/aromatic N) is 2. The first-order valence-corrected chi connectivity index (χ1v) is 19.9. The van der Waals surface area contributed by atoms with E-state index in [9.17, 15) is 8.42 Å². The Morgan fingerprint density at radius 1 is 0.826 bits per heavy atom. The van der Waals surface area contributed by atoms with E-state index in [4.69, 9.17) is 4.43 Å². The van der Waals surface area contributed by atoms with Gasteiger partial charge in [0.05, 0.1) is 23.5 Å². The zero-order valence-electron chi connectivity index (χ0n) is 29.3. The van der Waals surface area contributed by atoms with Crippen molar-refractivity contribution in [1.82, 2.24) is 14.3 Å². The summed E-state index contributed by atoms with van der Waals surface area (Å²) in [5.41, 5.74) is 3.68. The predicted molar refractivity (Wildman–Crippen MR) is 193 cm³/mol. The highest BCUT2D eigenvalue weighted by Gasteiger charge is 2.50. The van der Waals surface area contributed by atoms with Crippen LogP contribution in [0.3, 0.4) is 0 Å². The molecule has 0 aliphatic carbocycles. The number of benzene rings is 3. The van der Waals surface area contributed by atoms with Gasteiger partial charge in [-0.25, -0.2) is 18.1 Å². The monoisotopic (exact) mass is 659 g/mol. The van der Waals surface area contributed by atoms with Crippen molar-refractivity contribution in [3.8, 4) is 0 Å². The molecule has 0 aliphatic heterocycles. The van der Waals surface area contributed by atoms with E-state index in [2.05, 4.69) is 133 Å². The van der Waals surface area contributed by atoms with Crippen molar-refractivity contribution < 1.29 is 12.8 Å². The van der Waals surface area contributed by atoms with E-state index < -0.39 is 24.4 Å². The maximum Gasteiger partial charge on any atom is 0.261 e. The molecule has 4 rings (SSSR count). The second kappa shape index (κ2) is 14.4. The molecule has 1 unspecified atom stereocenters. The molecule has 248 valence electrons. The number of sulfonamides is 1. The lowest BCUT2D eigenvalue weighted by atomic mass is 9.89. The number of rotatable bonds is 13. The van der Waals surface area contributed by atoms with Crippen molar-refractivity contribution >= 4 is 28.7 Å². The maximum absolute atomic E-state index is 14.7. The van der Waals surface area contributed by atoms with Gasteiger partial charge in [0.15, 0.2) is 0 Å². The van der Waals surface area contributed by atoms with Crippen molar-refractivity contribution in [3.05, 3.63) is 108 Å². The molecule has 3 aromatic carbocycles. The van der Waals surface area contributed by atoms with Crippen LogP contribution >= 0.6 is 0 Å². The van der Waals surface area contributed by atoms with Crippen LogP contribution in [-0.2, 0) is 27.9 Å². The molecule has 1 heterocycles. The van der Waals surface area contributed by atoms with Crippen molar-refractivity contribution in [3.63, 3.8) is 0 Å². The third-order valence-corrected chi connectivity index (χ3v) is 15.5. The van der Waals surface area contributed by atoms with E-state index in [-0.39, 0.29) is 29.4 Å². The molecular formula is C38H53N3O3SSi. The van der Waals surface area contributed by atoms with Crippen LogP contribution in [0, 0.1) is 0 Å². The molecule has 46 heavy (non-hydrogen) atoms. The minimum absolute atomic E-state index is 0.0328. The van der Waals surface area contributed by atoms with Crippen molar-refractivity contribution in [2.45, 2.75) is 102 Å². The zero-order valence-corrected chi connectivity index (χ0v) is 31.2. The fourth-order valence-electron chi connectivity index (χ4n) is 6.42. The lowest BCUT2D eigenvalue weighted by Crippen LogP contribution is -2.67. The number of hydrogen-bond donors (Lipinski definition) is 1. The quantitative estimate of drug-likeness (QED) is 0.154. The smallest absolute Gasteiger partial charge is 0.261 e. The number of imidazole rings is 1. The Morgan fingerprint density at radius 2 is 1.33 bits per heavy atom. The van der Waals surface area contributed by atoms with Gasteiger partial charge in [0.1, 0.15) is 0 Å². The molecular weight excluding hydrogens is 607 g/mol.